The predicted octanol–water partition coefficient (Wildman–Crippen LogP) is 7.49. The van der Waals surface area contributed by atoms with Gasteiger partial charge in [0.25, 0.3) is 0 Å². The molecule has 1 aromatic carbocycles. The molecule has 0 atom stereocenters. The van der Waals surface area contributed by atoms with Crippen LogP contribution >= 0.6 is 0 Å². The van der Waals surface area contributed by atoms with Gasteiger partial charge in [-0.15, -0.1) is 0 Å². The van der Waals surface area contributed by atoms with E-state index >= 15 is 0 Å². The summed E-state index contributed by atoms with van der Waals surface area (Å²) in [5.41, 5.74) is 6.54. The second kappa shape index (κ2) is 10.0. The molecule has 126 valence electrons. The minimum Gasteiger partial charge on any atom is -0.0988 e. The summed E-state index contributed by atoms with van der Waals surface area (Å²) in [4.78, 5) is 0. The Bertz CT molecular complexity index is 587. The molecule has 0 heteroatoms. The Balaban J connectivity index is 0.00000232. The molecule has 0 spiro atoms. The lowest BCUT2D eigenvalue weighted by molar-refractivity contribution is 0.590. The predicted molar refractivity (Wildman–Crippen MR) is 108 cm³/mol. The topological polar surface area (TPSA) is 0 Å². The number of hydrogen-bond donors (Lipinski definition) is 0. The first-order chi connectivity index (χ1) is 10.7. The molecule has 1 rings (SSSR count). The van der Waals surface area contributed by atoms with Crippen LogP contribution in [0.3, 0.4) is 0 Å². The molecule has 0 fully saturated rings. The first-order valence-electron chi connectivity index (χ1n) is 8.51. The van der Waals surface area contributed by atoms with Gasteiger partial charge in [-0.05, 0) is 48.5 Å². The first-order valence-corrected chi connectivity index (χ1v) is 8.51. The summed E-state index contributed by atoms with van der Waals surface area (Å²) in [5.74, 6) is 0. The third-order valence-electron chi connectivity index (χ3n) is 3.67. The lowest BCUT2D eigenvalue weighted by Gasteiger charge is -2.19. The smallest absolute Gasteiger partial charge is 0.0132 e. The quantitative estimate of drug-likeness (QED) is 0.505. The Kier molecular flexibility index (Phi) is 9.25. The lowest BCUT2D eigenvalue weighted by Crippen LogP contribution is -2.10. The highest BCUT2D eigenvalue weighted by atomic mass is 14.2. The van der Waals surface area contributed by atoms with Crippen molar-refractivity contribution in [1.82, 2.24) is 0 Å². The number of allylic oxidation sites excluding steroid dienone is 6. The molecule has 0 amide bonds. The van der Waals surface area contributed by atoms with E-state index < -0.39 is 0 Å². The molecule has 0 aliphatic carbocycles. The van der Waals surface area contributed by atoms with Crippen molar-refractivity contribution in [2.24, 2.45) is 0 Å². The van der Waals surface area contributed by atoms with Crippen LogP contribution in [-0.2, 0) is 5.41 Å². The normalized spacial score (nSPS) is 13.3. The van der Waals surface area contributed by atoms with E-state index in [1.807, 2.05) is 19.9 Å². The summed E-state index contributed by atoms with van der Waals surface area (Å²) in [6.07, 6.45) is 8.42. The van der Waals surface area contributed by atoms with Crippen LogP contribution in [-0.4, -0.2) is 0 Å². The van der Waals surface area contributed by atoms with Crippen LogP contribution in [0.4, 0.5) is 0 Å². The Morgan fingerprint density at radius 3 is 2.13 bits per heavy atom. The molecule has 0 heterocycles. The van der Waals surface area contributed by atoms with Gasteiger partial charge in [-0.1, -0.05) is 95.3 Å². The fourth-order valence-electron chi connectivity index (χ4n) is 1.98. The van der Waals surface area contributed by atoms with Crippen molar-refractivity contribution < 1.29 is 0 Å². The molecule has 0 nitrogen and oxygen atoms in total. The molecule has 0 N–H and O–H groups in total. The van der Waals surface area contributed by atoms with Crippen molar-refractivity contribution >= 4 is 6.08 Å². The van der Waals surface area contributed by atoms with Gasteiger partial charge >= 0.3 is 0 Å². The van der Waals surface area contributed by atoms with Gasteiger partial charge < -0.3 is 0 Å². The zero-order chi connectivity index (χ0) is 18.0. The largest absolute Gasteiger partial charge is 0.0988 e. The van der Waals surface area contributed by atoms with Gasteiger partial charge in [-0.3, -0.25) is 0 Å². The van der Waals surface area contributed by atoms with Crippen LogP contribution in [0, 0.1) is 0 Å². The molecule has 0 radical (unpaired) electrons. The van der Waals surface area contributed by atoms with Gasteiger partial charge in [0, 0.05) is 0 Å². The van der Waals surface area contributed by atoms with E-state index in [1.54, 1.807) is 0 Å². The molecule has 0 aliphatic heterocycles. The maximum Gasteiger partial charge on any atom is -0.0132 e. The third-order valence-corrected chi connectivity index (χ3v) is 3.67. The zero-order valence-corrected chi connectivity index (χ0v) is 16.3. The highest BCUT2D eigenvalue weighted by Gasteiger charge is 2.12. The summed E-state index contributed by atoms with van der Waals surface area (Å²) in [6.45, 7) is 20.9. The standard InChI is InChI=1S/C21H28.C2H6/c1-8-16(2)14-18(4)17(3)12-13-19-10-9-11-20(15-19)21(5,6)7;1-2/h8-15H,1H2,2-7H3;1-2H3/b13-12+,16-14+,18-17+;. The molecular weight excluding hydrogens is 276 g/mol. The van der Waals surface area contributed by atoms with Crippen molar-refractivity contribution in [2.75, 3.05) is 0 Å². The van der Waals surface area contributed by atoms with Gasteiger partial charge in [0.05, 0.1) is 0 Å². The average molecular weight is 311 g/mol. The van der Waals surface area contributed by atoms with Crippen molar-refractivity contribution in [1.29, 1.82) is 0 Å². The highest BCUT2D eigenvalue weighted by Crippen LogP contribution is 2.23. The molecule has 0 saturated carbocycles. The maximum absolute atomic E-state index is 3.79. The summed E-state index contributed by atoms with van der Waals surface area (Å²) >= 11 is 0. The van der Waals surface area contributed by atoms with Crippen LogP contribution in [0.1, 0.15) is 66.5 Å². The average Bonchev–Trinajstić information content (AvgIpc) is 2.53. The summed E-state index contributed by atoms with van der Waals surface area (Å²) in [6, 6.07) is 8.75. The van der Waals surface area contributed by atoms with Crippen LogP contribution < -0.4 is 0 Å². The van der Waals surface area contributed by atoms with Crippen LogP contribution in [0.25, 0.3) is 6.08 Å². The Labute approximate surface area is 144 Å². The Hall–Kier alpha value is -1.82. The molecule has 0 bridgehead atoms. The zero-order valence-electron chi connectivity index (χ0n) is 16.3. The molecule has 0 unspecified atom stereocenters. The maximum atomic E-state index is 3.79. The van der Waals surface area contributed by atoms with Gasteiger partial charge in [0.2, 0.25) is 0 Å². The third kappa shape index (κ3) is 7.83. The van der Waals surface area contributed by atoms with Crippen molar-refractivity contribution in [2.45, 2.75) is 60.8 Å². The van der Waals surface area contributed by atoms with Crippen molar-refractivity contribution in [3.8, 4) is 0 Å². The van der Waals surface area contributed by atoms with E-state index in [2.05, 4.69) is 90.6 Å². The van der Waals surface area contributed by atoms with Crippen LogP contribution in [0.5, 0.6) is 0 Å². The van der Waals surface area contributed by atoms with E-state index in [9.17, 15) is 0 Å². The van der Waals surface area contributed by atoms with Gasteiger partial charge in [-0.25, -0.2) is 0 Å². The summed E-state index contributed by atoms with van der Waals surface area (Å²) in [5, 5.41) is 0. The van der Waals surface area contributed by atoms with E-state index in [0.29, 0.717) is 0 Å². The molecule has 0 saturated heterocycles. The minimum absolute atomic E-state index is 0.189. The van der Waals surface area contributed by atoms with Crippen molar-refractivity contribution in [3.05, 3.63) is 76.9 Å². The fraction of sp³-hybridized carbons (Fsp3) is 0.391. The molecule has 23 heavy (non-hydrogen) atoms. The number of hydrogen-bond acceptors (Lipinski definition) is 0. The molecular formula is C23H34. The van der Waals surface area contributed by atoms with E-state index in [0.717, 1.165) is 0 Å². The Morgan fingerprint density at radius 2 is 1.61 bits per heavy atom. The van der Waals surface area contributed by atoms with Crippen LogP contribution in [0.2, 0.25) is 0 Å². The summed E-state index contributed by atoms with van der Waals surface area (Å²) in [7, 11) is 0. The highest BCUT2D eigenvalue weighted by molar-refractivity contribution is 5.55. The second-order valence-corrected chi connectivity index (χ2v) is 6.67. The molecule has 1 aromatic rings. The van der Waals surface area contributed by atoms with Crippen molar-refractivity contribution in [3.63, 3.8) is 0 Å². The minimum atomic E-state index is 0.189. The lowest BCUT2D eigenvalue weighted by atomic mass is 9.86. The summed E-state index contributed by atoms with van der Waals surface area (Å²) < 4.78 is 0. The first kappa shape index (κ1) is 21.2. The number of rotatable bonds is 4. The van der Waals surface area contributed by atoms with Gasteiger partial charge in [-0.2, -0.15) is 0 Å². The number of benzene rings is 1. The van der Waals surface area contributed by atoms with Gasteiger partial charge in [0.1, 0.15) is 0 Å². The SMILES string of the molecule is C=C/C(C)=C/C(C)=C(C)/C=C/c1cccc(C(C)(C)C)c1.CC. The van der Waals surface area contributed by atoms with Crippen LogP contribution in [0.15, 0.2) is 65.8 Å². The molecule has 0 aromatic heterocycles. The monoisotopic (exact) mass is 310 g/mol. The fourth-order valence-corrected chi connectivity index (χ4v) is 1.98. The van der Waals surface area contributed by atoms with Gasteiger partial charge in [0.15, 0.2) is 0 Å². The molecule has 0 aliphatic rings. The second-order valence-electron chi connectivity index (χ2n) is 6.67. The Morgan fingerprint density at radius 1 is 1.00 bits per heavy atom. The van der Waals surface area contributed by atoms with E-state index in [1.165, 1.54) is 27.8 Å². The van der Waals surface area contributed by atoms with E-state index in [4.69, 9.17) is 0 Å². The van der Waals surface area contributed by atoms with E-state index in [-0.39, 0.29) is 5.41 Å².